The van der Waals surface area contributed by atoms with Crippen LogP contribution < -0.4 is 5.32 Å². The first-order chi connectivity index (χ1) is 13.7. The number of nitrogens with zero attached hydrogens (tertiary/aromatic N) is 4. The van der Waals surface area contributed by atoms with Gasteiger partial charge in [0.2, 0.25) is 0 Å². The molecule has 0 bridgehead atoms. The lowest BCUT2D eigenvalue weighted by Crippen LogP contribution is -2.42. The first-order valence-electron chi connectivity index (χ1n) is 9.72. The first-order valence-corrected chi connectivity index (χ1v) is 9.72. The Morgan fingerprint density at radius 3 is 2.45 bits per heavy atom. The van der Waals surface area contributed by atoms with E-state index in [2.05, 4.69) is 20.8 Å². The maximum absolute atomic E-state index is 13.4. The standard InChI is InChI=1S/C22H26FN5O/c1-6-22(4,5)24-21(29)17-11-16(15-7-9-18(23)10-8-15)12-19(13-17)28-20(14(2)3)25-26-27-28/h7-14H,6H2,1-5H3,(H,24,29). The van der Waals surface area contributed by atoms with Crippen LogP contribution in [-0.4, -0.2) is 31.7 Å². The molecule has 7 heteroatoms. The van der Waals surface area contributed by atoms with Crippen molar-refractivity contribution < 1.29 is 9.18 Å². The van der Waals surface area contributed by atoms with E-state index in [-0.39, 0.29) is 23.2 Å². The summed E-state index contributed by atoms with van der Waals surface area (Å²) in [5.74, 6) is 0.314. The van der Waals surface area contributed by atoms with Crippen LogP contribution in [0.5, 0.6) is 0 Å². The van der Waals surface area contributed by atoms with Crippen LogP contribution in [0, 0.1) is 5.82 Å². The van der Waals surface area contributed by atoms with Crippen LogP contribution in [0.2, 0.25) is 0 Å². The fourth-order valence-corrected chi connectivity index (χ4v) is 2.88. The third-order valence-corrected chi connectivity index (χ3v) is 4.95. The topological polar surface area (TPSA) is 72.7 Å². The fourth-order valence-electron chi connectivity index (χ4n) is 2.88. The zero-order valence-electron chi connectivity index (χ0n) is 17.4. The second kappa shape index (κ2) is 8.11. The number of hydrogen-bond acceptors (Lipinski definition) is 4. The summed E-state index contributed by atoms with van der Waals surface area (Å²) in [5.41, 5.74) is 2.43. The molecule has 1 aromatic heterocycles. The van der Waals surface area contributed by atoms with Gasteiger partial charge in [-0.2, -0.15) is 4.68 Å². The van der Waals surface area contributed by atoms with Gasteiger partial charge >= 0.3 is 0 Å². The molecule has 1 N–H and O–H groups in total. The van der Waals surface area contributed by atoms with Crippen molar-refractivity contribution in [2.24, 2.45) is 0 Å². The van der Waals surface area contributed by atoms with Gasteiger partial charge in [0.25, 0.3) is 5.91 Å². The van der Waals surface area contributed by atoms with Gasteiger partial charge in [-0.15, -0.1) is 5.10 Å². The number of aromatic nitrogens is 4. The average Bonchev–Trinajstić information content (AvgIpc) is 3.18. The SMILES string of the molecule is CCC(C)(C)NC(=O)c1cc(-c2ccc(F)cc2)cc(-n2nnnc2C(C)C)c1. The normalized spacial score (nSPS) is 11.7. The van der Waals surface area contributed by atoms with Crippen molar-refractivity contribution in [1.82, 2.24) is 25.5 Å². The van der Waals surface area contributed by atoms with Crippen molar-refractivity contribution in [3.8, 4) is 16.8 Å². The van der Waals surface area contributed by atoms with Crippen LogP contribution in [0.4, 0.5) is 4.39 Å². The van der Waals surface area contributed by atoms with E-state index in [9.17, 15) is 9.18 Å². The molecule has 0 aliphatic carbocycles. The minimum absolute atomic E-state index is 0.107. The molecule has 1 heterocycles. The minimum Gasteiger partial charge on any atom is -0.347 e. The maximum Gasteiger partial charge on any atom is 0.251 e. The lowest BCUT2D eigenvalue weighted by molar-refractivity contribution is 0.0911. The van der Waals surface area contributed by atoms with Gasteiger partial charge in [-0.25, -0.2) is 4.39 Å². The van der Waals surface area contributed by atoms with E-state index in [1.54, 1.807) is 28.9 Å². The van der Waals surface area contributed by atoms with Crippen LogP contribution in [0.3, 0.4) is 0 Å². The van der Waals surface area contributed by atoms with E-state index in [0.29, 0.717) is 17.1 Å². The number of carbonyl (C=O) groups excluding carboxylic acids is 1. The van der Waals surface area contributed by atoms with E-state index in [1.165, 1.54) is 12.1 Å². The summed E-state index contributed by atoms with van der Waals surface area (Å²) in [6, 6.07) is 11.7. The second-order valence-electron chi connectivity index (χ2n) is 8.07. The van der Waals surface area contributed by atoms with E-state index in [0.717, 1.165) is 17.5 Å². The summed E-state index contributed by atoms with van der Waals surface area (Å²) in [6.45, 7) is 9.99. The number of benzene rings is 2. The van der Waals surface area contributed by atoms with E-state index >= 15 is 0 Å². The van der Waals surface area contributed by atoms with Crippen molar-refractivity contribution in [2.75, 3.05) is 0 Å². The molecule has 0 atom stereocenters. The Hall–Kier alpha value is -3.09. The quantitative estimate of drug-likeness (QED) is 0.666. The third kappa shape index (κ3) is 4.67. The van der Waals surface area contributed by atoms with Crippen LogP contribution in [0.1, 0.15) is 63.1 Å². The molecule has 2 aromatic carbocycles. The smallest absolute Gasteiger partial charge is 0.251 e. The molecule has 0 radical (unpaired) electrons. The van der Waals surface area contributed by atoms with E-state index < -0.39 is 0 Å². The predicted molar refractivity (Wildman–Crippen MR) is 110 cm³/mol. The van der Waals surface area contributed by atoms with Crippen molar-refractivity contribution in [3.63, 3.8) is 0 Å². The molecule has 0 aliphatic rings. The summed E-state index contributed by atoms with van der Waals surface area (Å²) >= 11 is 0. The Morgan fingerprint density at radius 2 is 1.83 bits per heavy atom. The van der Waals surface area contributed by atoms with Gasteiger partial charge in [0, 0.05) is 17.0 Å². The lowest BCUT2D eigenvalue weighted by Gasteiger charge is -2.24. The summed E-state index contributed by atoms with van der Waals surface area (Å²) in [4.78, 5) is 13.0. The maximum atomic E-state index is 13.4. The Bertz CT molecular complexity index is 1010. The Labute approximate surface area is 170 Å². The molecule has 0 saturated heterocycles. The summed E-state index contributed by atoms with van der Waals surface area (Å²) in [6.07, 6.45) is 0.799. The number of hydrogen-bond donors (Lipinski definition) is 1. The molecular weight excluding hydrogens is 369 g/mol. The molecule has 0 saturated carbocycles. The van der Waals surface area contributed by atoms with Gasteiger partial charge in [0.15, 0.2) is 5.82 Å². The zero-order valence-corrected chi connectivity index (χ0v) is 17.4. The Kier molecular flexibility index (Phi) is 5.77. The van der Waals surface area contributed by atoms with Crippen LogP contribution in [-0.2, 0) is 0 Å². The van der Waals surface area contributed by atoms with Crippen molar-refractivity contribution >= 4 is 5.91 Å². The highest BCUT2D eigenvalue weighted by atomic mass is 19.1. The molecule has 0 unspecified atom stereocenters. The number of nitrogens with one attached hydrogen (secondary N) is 1. The Balaban J connectivity index is 2.13. The summed E-state index contributed by atoms with van der Waals surface area (Å²) in [7, 11) is 0. The third-order valence-electron chi connectivity index (χ3n) is 4.95. The van der Waals surface area contributed by atoms with Crippen molar-refractivity contribution in [3.05, 3.63) is 59.7 Å². The highest BCUT2D eigenvalue weighted by Gasteiger charge is 2.21. The molecule has 3 aromatic rings. The average molecular weight is 395 g/mol. The van der Waals surface area contributed by atoms with Gasteiger partial charge in [-0.3, -0.25) is 4.79 Å². The van der Waals surface area contributed by atoms with Gasteiger partial charge in [-0.05, 0) is 72.2 Å². The van der Waals surface area contributed by atoms with Crippen molar-refractivity contribution in [1.29, 1.82) is 0 Å². The number of rotatable bonds is 6. The first kappa shape index (κ1) is 20.6. The summed E-state index contributed by atoms with van der Waals surface area (Å²) < 4.78 is 15.0. The summed E-state index contributed by atoms with van der Waals surface area (Å²) in [5, 5.41) is 15.1. The number of halogens is 1. The fraction of sp³-hybridized carbons (Fsp3) is 0.364. The zero-order chi connectivity index (χ0) is 21.2. The largest absolute Gasteiger partial charge is 0.347 e. The van der Waals surface area contributed by atoms with Gasteiger partial charge in [0.1, 0.15) is 5.82 Å². The minimum atomic E-state index is -0.332. The molecule has 6 nitrogen and oxygen atoms in total. The predicted octanol–water partition coefficient (Wildman–Crippen LogP) is 4.51. The van der Waals surface area contributed by atoms with Gasteiger partial charge in [0.05, 0.1) is 5.69 Å². The van der Waals surface area contributed by atoms with Crippen LogP contribution in [0.25, 0.3) is 16.8 Å². The highest BCUT2D eigenvalue weighted by Crippen LogP contribution is 2.26. The monoisotopic (exact) mass is 395 g/mol. The lowest BCUT2D eigenvalue weighted by atomic mass is 9.99. The number of tetrazole rings is 1. The molecule has 1 amide bonds. The van der Waals surface area contributed by atoms with Crippen LogP contribution in [0.15, 0.2) is 42.5 Å². The van der Waals surface area contributed by atoms with Gasteiger partial charge < -0.3 is 5.32 Å². The van der Waals surface area contributed by atoms with E-state index in [1.807, 2.05) is 40.7 Å². The van der Waals surface area contributed by atoms with Gasteiger partial charge in [-0.1, -0.05) is 32.9 Å². The molecule has 152 valence electrons. The molecule has 0 aliphatic heterocycles. The molecule has 0 spiro atoms. The molecule has 29 heavy (non-hydrogen) atoms. The van der Waals surface area contributed by atoms with Crippen LogP contribution >= 0.6 is 0 Å². The number of amides is 1. The molecule has 0 fully saturated rings. The Morgan fingerprint density at radius 1 is 1.14 bits per heavy atom. The number of carbonyl (C=O) groups is 1. The van der Waals surface area contributed by atoms with Crippen molar-refractivity contribution in [2.45, 2.75) is 52.5 Å². The van der Waals surface area contributed by atoms with E-state index in [4.69, 9.17) is 0 Å². The molecular formula is C22H26FN5O. The second-order valence-corrected chi connectivity index (χ2v) is 8.07. The molecule has 3 rings (SSSR count). The highest BCUT2D eigenvalue weighted by molar-refractivity contribution is 5.96.